The van der Waals surface area contributed by atoms with Crippen LogP contribution in [0.3, 0.4) is 0 Å². The minimum atomic E-state index is 0.675. The van der Waals surface area contributed by atoms with Gasteiger partial charge in [0.2, 0.25) is 0 Å². The summed E-state index contributed by atoms with van der Waals surface area (Å²) in [5, 5.41) is 4.78. The van der Waals surface area contributed by atoms with E-state index >= 15 is 0 Å². The van der Waals surface area contributed by atoms with Gasteiger partial charge >= 0.3 is 0 Å². The monoisotopic (exact) mass is 221 g/mol. The van der Waals surface area contributed by atoms with Crippen LogP contribution in [0.5, 0.6) is 0 Å². The second-order valence-corrected chi connectivity index (χ2v) is 4.03. The molecule has 0 atom stereocenters. The Morgan fingerprint density at radius 1 is 1.33 bits per heavy atom. The second kappa shape index (κ2) is 3.95. The van der Waals surface area contributed by atoms with Crippen LogP contribution in [0.4, 0.5) is 5.69 Å². The molecule has 1 heterocycles. The molecular weight excluding hydrogens is 210 g/mol. The standard InChI is InChI=1S/C11H12ClN3/c1-15-7-9(6-14-15)2-8-3-10(12)5-11(13)4-8/h3-7H,2,13H2,1H3. The molecule has 0 fully saturated rings. The first-order chi connectivity index (χ1) is 7.13. The predicted molar refractivity (Wildman–Crippen MR) is 61.9 cm³/mol. The van der Waals surface area contributed by atoms with Crippen LogP contribution < -0.4 is 5.73 Å². The van der Waals surface area contributed by atoms with E-state index in [0.717, 1.165) is 17.5 Å². The lowest BCUT2D eigenvalue weighted by molar-refractivity contribution is 0.767. The van der Waals surface area contributed by atoms with E-state index < -0.39 is 0 Å². The fourth-order valence-corrected chi connectivity index (χ4v) is 1.84. The lowest BCUT2D eigenvalue weighted by Gasteiger charge is -2.01. The number of halogens is 1. The molecule has 15 heavy (non-hydrogen) atoms. The first-order valence-electron chi connectivity index (χ1n) is 4.66. The number of benzene rings is 1. The Bertz CT molecular complexity index is 456. The second-order valence-electron chi connectivity index (χ2n) is 3.59. The minimum Gasteiger partial charge on any atom is -0.399 e. The number of hydrogen-bond donors (Lipinski definition) is 1. The number of nitrogens with zero attached hydrogens (tertiary/aromatic N) is 2. The van der Waals surface area contributed by atoms with Crippen LogP contribution >= 0.6 is 11.6 Å². The van der Waals surface area contributed by atoms with Gasteiger partial charge in [-0.2, -0.15) is 5.10 Å². The van der Waals surface area contributed by atoms with Gasteiger partial charge in [-0.25, -0.2) is 0 Å². The number of aryl methyl sites for hydroxylation is 1. The number of aromatic nitrogens is 2. The molecule has 4 heteroatoms. The summed E-state index contributed by atoms with van der Waals surface area (Å²) >= 11 is 5.92. The molecular formula is C11H12ClN3. The van der Waals surface area contributed by atoms with Crippen molar-refractivity contribution in [1.29, 1.82) is 0 Å². The van der Waals surface area contributed by atoms with Gasteiger partial charge in [-0.1, -0.05) is 11.6 Å². The van der Waals surface area contributed by atoms with E-state index in [1.807, 2.05) is 31.6 Å². The first-order valence-corrected chi connectivity index (χ1v) is 5.04. The lowest BCUT2D eigenvalue weighted by Crippen LogP contribution is -1.91. The van der Waals surface area contributed by atoms with Crippen molar-refractivity contribution in [2.45, 2.75) is 6.42 Å². The highest BCUT2D eigenvalue weighted by Gasteiger charge is 2.01. The molecule has 0 saturated carbocycles. The number of hydrogen-bond acceptors (Lipinski definition) is 2. The molecule has 0 aliphatic carbocycles. The number of nitrogens with two attached hydrogens (primary N) is 1. The van der Waals surface area contributed by atoms with E-state index in [-0.39, 0.29) is 0 Å². The van der Waals surface area contributed by atoms with Crippen molar-refractivity contribution in [3.63, 3.8) is 0 Å². The molecule has 0 spiro atoms. The normalized spacial score (nSPS) is 10.5. The summed E-state index contributed by atoms with van der Waals surface area (Å²) in [7, 11) is 1.90. The van der Waals surface area contributed by atoms with E-state index in [1.165, 1.54) is 0 Å². The summed E-state index contributed by atoms with van der Waals surface area (Å²) in [5.74, 6) is 0. The Morgan fingerprint density at radius 2 is 2.13 bits per heavy atom. The molecule has 1 aromatic heterocycles. The molecule has 2 N–H and O–H groups in total. The van der Waals surface area contributed by atoms with Gasteiger partial charge in [-0.15, -0.1) is 0 Å². The van der Waals surface area contributed by atoms with Crippen molar-refractivity contribution in [3.8, 4) is 0 Å². The quantitative estimate of drug-likeness (QED) is 0.791. The molecule has 0 bridgehead atoms. The molecule has 0 unspecified atom stereocenters. The van der Waals surface area contributed by atoms with Crippen LogP contribution in [0.2, 0.25) is 5.02 Å². The summed E-state index contributed by atoms with van der Waals surface area (Å²) in [4.78, 5) is 0. The number of rotatable bonds is 2. The van der Waals surface area contributed by atoms with Gasteiger partial charge in [0.05, 0.1) is 6.20 Å². The van der Waals surface area contributed by atoms with Crippen molar-refractivity contribution in [2.75, 3.05) is 5.73 Å². The maximum Gasteiger partial charge on any atom is 0.0525 e. The molecule has 1 aromatic carbocycles. The topological polar surface area (TPSA) is 43.8 Å². The average Bonchev–Trinajstić information content (AvgIpc) is 2.49. The van der Waals surface area contributed by atoms with Crippen molar-refractivity contribution < 1.29 is 0 Å². The van der Waals surface area contributed by atoms with E-state index in [9.17, 15) is 0 Å². The maximum absolute atomic E-state index is 5.92. The number of nitrogen functional groups attached to an aromatic ring is 1. The summed E-state index contributed by atoms with van der Waals surface area (Å²) in [6.07, 6.45) is 4.63. The fourth-order valence-electron chi connectivity index (χ4n) is 1.58. The summed E-state index contributed by atoms with van der Waals surface area (Å²) in [5.41, 5.74) is 8.67. The Hall–Kier alpha value is -1.48. The van der Waals surface area contributed by atoms with Gasteiger partial charge in [0.1, 0.15) is 0 Å². The van der Waals surface area contributed by atoms with Crippen molar-refractivity contribution in [1.82, 2.24) is 9.78 Å². The highest BCUT2D eigenvalue weighted by molar-refractivity contribution is 6.30. The van der Waals surface area contributed by atoms with Crippen LogP contribution in [0.15, 0.2) is 30.6 Å². The first kappa shape index (κ1) is 10.1. The maximum atomic E-state index is 5.92. The van der Waals surface area contributed by atoms with Crippen LogP contribution in [-0.2, 0) is 13.5 Å². The Balaban J connectivity index is 2.24. The molecule has 0 aliphatic rings. The highest BCUT2D eigenvalue weighted by Crippen LogP contribution is 2.18. The molecule has 2 rings (SSSR count). The van der Waals surface area contributed by atoms with Crippen LogP contribution in [0.25, 0.3) is 0 Å². The van der Waals surface area contributed by atoms with E-state index in [4.69, 9.17) is 17.3 Å². The van der Waals surface area contributed by atoms with Gasteiger partial charge in [-0.3, -0.25) is 4.68 Å². The third-order valence-electron chi connectivity index (χ3n) is 2.15. The van der Waals surface area contributed by atoms with Gasteiger partial charge in [0, 0.05) is 30.4 Å². The molecule has 0 radical (unpaired) electrons. The largest absolute Gasteiger partial charge is 0.399 e. The van der Waals surface area contributed by atoms with Crippen molar-refractivity contribution in [3.05, 3.63) is 46.7 Å². The molecule has 0 saturated heterocycles. The van der Waals surface area contributed by atoms with E-state index in [2.05, 4.69) is 5.10 Å². The Labute approximate surface area is 93.5 Å². The Kier molecular flexibility index (Phi) is 2.64. The van der Waals surface area contributed by atoms with Crippen molar-refractivity contribution in [2.24, 2.45) is 7.05 Å². The summed E-state index contributed by atoms with van der Waals surface area (Å²) in [6, 6.07) is 5.60. The zero-order chi connectivity index (χ0) is 10.8. The smallest absolute Gasteiger partial charge is 0.0525 e. The predicted octanol–water partition coefficient (Wildman–Crippen LogP) is 2.25. The van der Waals surface area contributed by atoms with E-state index in [1.54, 1.807) is 10.7 Å². The Morgan fingerprint density at radius 3 is 2.73 bits per heavy atom. The van der Waals surface area contributed by atoms with Gasteiger partial charge < -0.3 is 5.73 Å². The molecule has 78 valence electrons. The minimum absolute atomic E-state index is 0.675. The van der Waals surface area contributed by atoms with Crippen LogP contribution in [-0.4, -0.2) is 9.78 Å². The van der Waals surface area contributed by atoms with Crippen molar-refractivity contribution >= 4 is 17.3 Å². The van der Waals surface area contributed by atoms with E-state index in [0.29, 0.717) is 10.7 Å². The zero-order valence-corrected chi connectivity index (χ0v) is 9.20. The molecule has 0 aliphatic heterocycles. The molecule has 3 nitrogen and oxygen atoms in total. The molecule has 0 amide bonds. The zero-order valence-electron chi connectivity index (χ0n) is 8.44. The third kappa shape index (κ3) is 2.50. The van der Waals surface area contributed by atoms with Crippen LogP contribution in [0, 0.1) is 0 Å². The third-order valence-corrected chi connectivity index (χ3v) is 2.36. The highest BCUT2D eigenvalue weighted by atomic mass is 35.5. The average molecular weight is 222 g/mol. The van der Waals surface area contributed by atoms with Crippen LogP contribution in [0.1, 0.15) is 11.1 Å². The summed E-state index contributed by atoms with van der Waals surface area (Å²) in [6.45, 7) is 0. The van der Waals surface area contributed by atoms with Gasteiger partial charge in [0.15, 0.2) is 0 Å². The fraction of sp³-hybridized carbons (Fsp3) is 0.182. The lowest BCUT2D eigenvalue weighted by atomic mass is 10.1. The summed E-state index contributed by atoms with van der Waals surface area (Å²) < 4.78 is 1.78. The van der Waals surface area contributed by atoms with Gasteiger partial charge in [0.25, 0.3) is 0 Å². The molecule has 2 aromatic rings. The number of anilines is 1. The SMILES string of the molecule is Cn1cc(Cc2cc(N)cc(Cl)c2)cn1. The van der Waals surface area contributed by atoms with Gasteiger partial charge in [-0.05, 0) is 29.3 Å².